The maximum absolute atomic E-state index is 11.9. The summed E-state index contributed by atoms with van der Waals surface area (Å²) in [5.41, 5.74) is 5.84. The van der Waals surface area contributed by atoms with Crippen LogP contribution in [0.3, 0.4) is 0 Å². The van der Waals surface area contributed by atoms with Crippen molar-refractivity contribution < 1.29 is 19.4 Å². The van der Waals surface area contributed by atoms with E-state index in [0.29, 0.717) is 0 Å². The quantitative estimate of drug-likeness (QED) is 0.604. The Hall–Kier alpha value is -0.790. The summed E-state index contributed by atoms with van der Waals surface area (Å²) in [6.07, 6.45) is -1.31. The molecule has 1 amide bonds. The smallest absolute Gasteiger partial charge is 0.325 e. The Labute approximate surface area is 118 Å². The summed E-state index contributed by atoms with van der Waals surface area (Å²) in [4.78, 5) is 24.3. The van der Waals surface area contributed by atoms with Crippen molar-refractivity contribution in [3.63, 3.8) is 0 Å². The van der Waals surface area contributed by atoms with Gasteiger partial charge in [-0.25, -0.2) is 0 Å². The number of carbonyl (C=O) groups is 2. The number of rotatable bonds is 8. The summed E-state index contributed by atoms with van der Waals surface area (Å²) < 4.78 is 4.74. The van der Waals surface area contributed by atoms with Crippen LogP contribution in [0, 0.1) is 0 Å². The second-order valence-electron chi connectivity index (χ2n) is 4.18. The van der Waals surface area contributed by atoms with Crippen LogP contribution in [0.2, 0.25) is 0 Å². The van der Waals surface area contributed by atoms with Crippen molar-refractivity contribution in [2.45, 2.75) is 38.2 Å². The molecular weight excluding hydrogens is 268 g/mol. The van der Waals surface area contributed by atoms with Gasteiger partial charge in [-0.3, -0.25) is 9.59 Å². The standard InChI is InChI=1S/C12H24N2O4S/c1-5-18-9(15)7-14(4)12(17)11(16)10(13)8(3)19-6-2/h8,10-11,16H,5-7,13H2,1-4H3. The molecule has 6 nitrogen and oxygen atoms in total. The molecule has 0 saturated heterocycles. The molecule has 0 aliphatic heterocycles. The Balaban J connectivity index is 4.42. The predicted octanol–water partition coefficient (Wildman–Crippen LogP) is -0.162. The Morgan fingerprint density at radius 3 is 2.47 bits per heavy atom. The van der Waals surface area contributed by atoms with Crippen LogP contribution in [0.1, 0.15) is 20.8 Å². The van der Waals surface area contributed by atoms with Gasteiger partial charge in [-0.05, 0) is 12.7 Å². The first kappa shape index (κ1) is 18.2. The molecule has 112 valence electrons. The van der Waals surface area contributed by atoms with Crippen LogP contribution in [-0.2, 0) is 14.3 Å². The molecule has 0 spiro atoms. The number of thioether (sulfide) groups is 1. The van der Waals surface area contributed by atoms with Gasteiger partial charge < -0.3 is 20.5 Å². The van der Waals surface area contributed by atoms with Gasteiger partial charge in [0.05, 0.1) is 12.6 Å². The molecule has 0 aromatic rings. The van der Waals surface area contributed by atoms with Crippen molar-refractivity contribution in [2.24, 2.45) is 5.73 Å². The minimum absolute atomic E-state index is 0.0417. The lowest BCUT2D eigenvalue weighted by atomic mass is 10.1. The zero-order chi connectivity index (χ0) is 15.0. The minimum atomic E-state index is -1.31. The Morgan fingerprint density at radius 2 is 2.00 bits per heavy atom. The highest BCUT2D eigenvalue weighted by atomic mass is 32.2. The lowest BCUT2D eigenvalue weighted by Gasteiger charge is -2.26. The third-order valence-corrected chi connectivity index (χ3v) is 3.81. The Bertz CT molecular complexity index is 301. The second-order valence-corrected chi connectivity index (χ2v) is 5.84. The van der Waals surface area contributed by atoms with Crippen molar-refractivity contribution in [1.29, 1.82) is 0 Å². The van der Waals surface area contributed by atoms with Gasteiger partial charge in [-0.2, -0.15) is 11.8 Å². The topological polar surface area (TPSA) is 92.9 Å². The number of esters is 1. The number of hydrogen-bond donors (Lipinski definition) is 2. The van der Waals surface area contributed by atoms with Gasteiger partial charge in [-0.15, -0.1) is 0 Å². The fraction of sp³-hybridized carbons (Fsp3) is 0.833. The first-order valence-electron chi connectivity index (χ1n) is 6.30. The van der Waals surface area contributed by atoms with Crippen molar-refractivity contribution in [3.05, 3.63) is 0 Å². The molecule has 0 aliphatic rings. The van der Waals surface area contributed by atoms with E-state index in [-0.39, 0.29) is 18.4 Å². The highest BCUT2D eigenvalue weighted by molar-refractivity contribution is 7.99. The lowest BCUT2D eigenvalue weighted by Crippen LogP contribution is -2.51. The van der Waals surface area contributed by atoms with Gasteiger partial charge in [0.15, 0.2) is 0 Å². The molecule has 0 heterocycles. The molecule has 0 rings (SSSR count). The number of aliphatic hydroxyl groups excluding tert-OH is 1. The van der Waals surface area contributed by atoms with E-state index in [2.05, 4.69) is 0 Å². The largest absolute Gasteiger partial charge is 0.465 e. The third-order valence-electron chi connectivity index (χ3n) is 2.64. The lowest BCUT2D eigenvalue weighted by molar-refractivity contribution is -0.151. The molecule has 0 saturated carbocycles. The number of carbonyl (C=O) groups excluding carboxylic acids is 2. The molecule has 7 heteroatoms. The monoisotopic (exact) mass is 292 g/mol. The number of aliphatic hydroxyl groups is 1. The summed E-state index contributed by atoms with van der Waals surface area (Å²) in [5, 5.41) is 9.87. The first-order valence-corrected chi connectivity index (χ1v) is 7.35. The molecule has 3 unspecified atom stereocenters. The van der Waals surface area contributed by atoms with Crippen LogP contribution < -0.4 is 5.73 Å². The summed E-state index contributed by atoms with van der Waals surface area (Å²) in [7, 11) is 1.44. The highest BCUT2D eigenvalue weighted by Crippen LogP contribution is 2.15. The van der Waals surface area contributed by atoms with E-state index in [9.17, 15) is 14.7 Å². The van der Waals surface area contributed by atoms with E-state index in [4.69, 9.17) is 10.5 Å². The average molecular weight is 292 g/mol. The molecular formula is C12H24N2O4S. The van der Waals surface area contributed by atoms with Gasteiger partial charge in [0.1, 0.15) is 12.6 Å². The summed E-state index contributed by atoms with van der Waals surface area (Å²) in [5.74, 6) is -0.215. The van der Waals surface area contributed by atoms with Gasteiger partial charge >= 0.3 is 5.97 Å². The Kier molecular flexibility index (Phi) is 8.79. The molecule has 0 aromatic heterocycles. The molecule has 19 heavy (non-hydrogen) atoms. The van der Waals surface area contributed by atoms with Crippen molar-refractivity contribution in [3.8, 4) is 0 Å². The number of amides is 1. The third kappa shape index (κ3) is 6.26. The van der Waals surface area contributed by atoms with Crippen LogP contribution in [0.5, 0.6) is 0 Å². The fourth-order valence-electron chi connectivity index (χ4n) is 1.50. The van der Waals surface area contributed by atoms with E-state index in [1.54, 1.807) is 18.7 Å². The Morgan fingerprint density at radius 1 is 1.42 bits per heavy atom. The minimum Gasteiger partial charge on any atom is -0.465 e. The van der Waals surface area contributed by atoms with Gasteiger partial charge in [-0.1, -0.05) is 13.8 Å². The van der Waals surface area contributed by atoms with Crippen molar-refractivity contribution in [2.75, 3.05) is 26.0 Å². The zero-order valence-electron chi connectivity index (χ0n) is 12.0. The molecule has 3 N–H and O–H groups in total. The van der Waals surface area contributed by atoms with E-state index in [0.717, 1.165) is 10.7 Å². The molecule has 0 radical (unpaired) electrons. The normalized spacial score (nSPS) is 15.5. The van der Waals surface area contributed by atoms with Crippen molar-refractivity contribution in [1.82, 2.24) is 4.90 Å². The number of ether oxygens (including phenoxy) is 1. The summed E-state index contributed by atoms with van der Waals surface area (Å²) >= 11 is 1.57. The molecule has 0 aromatic carbocycles. The summed E-state index contributed by atoms with van der Waals surface area (Å²) in [6.45, 7) is 5.60. The first-order chi connectivity index (χ1) is 8.84. The van der Waals surface area contributed by atoms with E-state index < -0.39 is 24.0 Å². The predicted molar refractivity (Wildman–Crippen MR) is 75.8 cm³/mol. The molecule has 0 bridgehead atoms. The molecule has 0 aliphatic carbocycles. The highest BCUT2D eigenvalue weighted by Gasteiger charge is 2.30. The average Bonchev–Trinajstić information content (AvgIpc) is 2.36. The maximum atomic E-state index is 11.9. The number of nitrogens with zero attached hydrogens (tertiary/aromatic N) is 1. The van der Waals surface area contributed by atoms with E-state index in [1.165, 1.54) is 7.05 Å². The van der Waals surface area contributed by atoms with Crippen molar-refractivity contribution >= 4 is 23.6 Å². The fourth-order valence-corrected chi connectivity index (χ4v) is 2.40. The van der Waals surface area contributed by atoms with Crippen LogP contribution in [-0.4, -0.2) is 65.2 Å². The van der Waals surface area contributed by atoms with Crippen LogP contribution in [0.25, 0.3) is 0 Å². The zero-order valence-corrected chi connectivity index (χ0v) is 12.8. The van der Waals surface area contributed by atoms with Crippen LogP contribution in [0.15, 0.2) is 0 Å². The number of hydrogen-bond acceptors (Lipinski definition) is 6. The van der Waals surface area contributed by atoms with Gasteiger partial charge in [0.25, 0.3) is 5.91 Å². The van der Waals surface area contributed by atoms with Crippen LogP contribution >= 0.6 is 11.8 Å². The summed E-state index contributed by atoms with van der Waals surface area (Å²) in [6, 6.07) is -0.665. The number of likely N-dealkylation sites (N-methyl/N-ethyl adjacent to an activating group) is 1. The van der Waals surface area contributed by atoms with Crippen LogP contribution in [0.4, 0.5) is 0 Å². The maximum Gasteiger partial charge on any atom is 0.325 e. The SMILES string of the molecule is CCOC(=O)CN(C)C(=O)C(O)C(N)C(C)SCC. The van der Waals surface area contributed by atoms with Gasteiger partial charge in [0, 0.05) is 12.3 Å². The van der Waals surface area contributed by atoms with E-state index >= 15 is 0 Å². The number of nitrogens with two attached hydrogens (primary N) is 1. The van der Waals surface area contributed by atoms with Gasteiger partial charge in [0.2, 0.25) is 0 Å². The molecule has 0 fully saturated rings. The second kappa shape index (κ2) is 9.17. The van der Waals surface area contributed by atoms with E-state index in [1.807, 2.05) is 13.8 Å². The molecule has 3 atom stereocenters.